The number of aliphatic hydroxyl groups is 2. The van der Waals surface area contributed by atoms with Crippen LogP contribution in [0.3, 0.4) is 0 Å². The predicted octanol–water partition coefficient (Wildman–Crippen LogP) is 3.92. The summed E-state index contributed by atoms with van der Waals surface area (Å²) in [6.45, 7) is 0.435. The van der Waals surface area contributed by atoms with Crippen LogP contribution in [0.4, 0.5) is 5.69 Å². The largest absolute Gasteiger partial charge is 0.487 e. The van der Waals surface area contributed by atoms with Gasteiger partial charge in [-0.1, -0.05) is 12.1 Å². The molecule has 0 saturated heterocycles. The summed E-state index contributed by atoms with van der Waals surface area (Å²) in [6.07, 6.45) is 0. The summed E-state index contributed by atoms with van der Waals surface area (Å²) < 4.78 is 6.87. The van der Waals surface area contributed by atoms with Crippen molar-refractivity contribution in [3.63, 3.8) is 0 Å². The van der Waals surface area contributed by atoms with E-state index in [1.165, 1.54) is 0 Å². The number of fused-ring (bicyclic) bond motifs is 1. The molecule has 130 valence electrons. The quantitative estimate of drug-likeness (QED) is 0.495. The average molecular weight is 394 g/mol. The van der Waals surface area contributed by atoms with Gasteiger partial charge in [-0.05, 0) is 60.8 Å². The number of rotatable bonds is 4. The third kappa shape index (κ3) is 6.49. The number of ether oxygens (including phenoxy) is 1. The summed E-state index contributed by atoms with van der Waals surface area (Å²) >= 11 is 10.1. The Morgan fingerprint density at radius 3 is 2.36 bits per heavy atom. The van der Waals surface area contributed by atoms with Gasteiger partial charge in [-0.2, -0.15) is 0 Å². The second kappa shape index (κ2) is 9.11. The van der Waals surface area contributed by atoms with Gasteiger partial charge in [0, 0.05) is 5.69 Å². The molecule has 0 aliphatic carbocycles. The van der Waals surface area contributed by atoms with E-state index in [0.29, 0.717) is 6.61 Å². The molecule has 0 fully saturated rings. The highest BCUT2D eigenvalue weighted by molar-refractivity contribution is 7.80. The van der Waals surface area contributed by atoms with Gasteiger partial charge in [0.25, 0.3) is 10.3 Å². The molecule has 5 N–H and O–H groups in total. The minimum absolute atomic E-state index is 0.252. The normalized spacial score (nSPS) is 9.76. The monoisotopic (exact) mass is 393 g/mol. The van der Waals surface area contributed by atoms with E-state index in [1.54, 1.807) is 23.5 Å². The van der Waals surface area contributed by atoms with E-state index >= 15 is 0 Å². The number of nitrogens with one attached hydrogen (secondary N) is 1. The summed E-state index contributed by atoms with van der Waals surface area (Å²) in [5.41, 5.74) is 6.11. The minimum atomic E-state index is -0.500. The smallest absolute Gasteiger partial charge is 0.258 e. The molecule has 0 saturated carbocycles. The number of hydrogen-bond acceptors (Lipinski definition) is 5. The van der Waals surface area contributed by atoms with Crippen molar-refractivity contribution in [1.82, 2.24) is 4.98 Å². The maximum atomic E-state index is 8.98. The standard InChI is InChI=1S/C15H12N2O2S2.CH3NOS/c18-15(20)16-10-5-7-11(8-6-10)19-9-14-17-12-3-1-2-4-13(12)21-14;2-1(3)4/h1-8H,9H2,(H2,16,18,20);(H3,2,3,4). The van der Waals surface area contributed by atoms with Gasteiger partial charge in [0.05, 0.1) is 10.2 Å². The molecule has 1 heterocycles. The van der Waals surface area contributed by atoms with Crippen LogP contribution in [0.25, 0.3) is 10.2 Å². The summed E-state index contributed by atoms with van der Waals surface area (Å²) in [6, 6.07) is 15.2. The first kappa shape index (κ1) is 18.8. The molecule has 0 aliphatic rings. The molecular formula is C16H15N3O3S3. The maximum Gasteiger partial charge on any atom is 0.258 e. The van der Waals surface area contributed by atoms with Crippen LogP contribution in [0, 0.1) is 0 Å². The zero-order chi connectivity index (χ0) is 18.2. The first-order chi connectivity index (χ1) is 11.9. The van der Waals surface area contributed by atoms with Crippen LogP contribution in [0.5, 0.6) is 5.75 Å². The molecule has 9 heteroatoms. The van der Waals surface area contributed by atoms with Crippen LogP contribution in [-0.4, -0.2) is 25.5 Å². The summed E-state index contributed by atoms with van der Waals surface area (Å²) in [5.74, 6) is 0.740. The van der Waals surface area contributed by atoms with Crippen molar-refractivity contribution in [3.8, 4) is 5.75 Å². The lowest BCUT2D eigenvalue weighted by Crippen LogP contribution is -2.06. The molecule has 6 nitrogen and oxygen atoms in total. The molecule has 0 amide bonds. The van der Waals surface area contributed by atoms with E-state index < -0.39 is 5.17 Å². The predicted molar refractivity (Wildman–Crippen MR) is 109 cm³/mol. The number of thiocarbonyl (C=S) groups is 2. The first-order valence-corrected chi connectivity index (χ1v) is 8.63. The lowest BCUT2D eigenvalue weighted by molar-refractivity contribution is 0.306. The van der Waals surface area contributed by atoms with Gasteiger partial charge in [-0.25, -0.2) is 4.98 Å². The van der Waals surface area contributed by atoms with Crippen LogP contribution in [-0.2, 0) is 6.61 Å². The SMILES string of the molecule is NC(O)=S.OC(=S)Nc1ccc(OCc2nc3ccccc3s2)cc1. The molecule has 0 radical (unpaired) electrons. The van der Waals surface area contributed by atoms with Crippen molar-refractivity contribution < 1.29 is 14.9 Å². The Labute approximate surface area is 158 Å². The van der Waals surface area contributed by atoms with Crippen LogP contribution < -0.4 is 15.8 Å². The fourth-order valence-electron chi connectivity index (χ4n) is 1.88. The van der Waals surface area contributed by atoms with E-state index in [9.17, 15) is 0 Å². The molecule has 25 heavy (non-hydrogen) atoms. The average Bonchev–Trinajstić information content (AvgIpc) is 2.96. The summed E-state index contributed by atoms with van der Waals surface area (Å²) in [5, 5.41) is 19.4. The van der Waals surface area contributed by atoms with Gasteiger partial charge in [-0.15, -0.1) is 11.3 Å². The first-order valence-electron chi connectivity index (χ1n) is 6.99. The number of benzene rings is 2. The summed E-state index contributed by atoms with van der Waals surface area (Å²) in [7, 11) is 0. The Morgan fingerprint density at radius 1 is 1.12 bits per heavy atom. The Hall–Kier alpha value is -2.49. The van der Waals surface area contributed by atoms with Gasteiger partial charge in [0.1, 0.15) is 17.4 Å². The highest BCUT2D eigenvalue weighted by Gasteiger charge is 2.04. The number of thiazole rings is 1. The van der Waals surface area contributed by atoms with Gasteiger partial charge in [0.2, 0.25) is 0 Å². The number of aliphatic hydroxyl groups excluding tert-OH is 2. The molecule has 0 aliphatic heterocycles. The fourth-order valence-corrected chi connectivity index (χ4v) is 2.88. The number of aromatic nitrogens is 1. The lowest BCUT2D eigenvalue weighted by atomic mass is 10.3. The molecule has 3 aromatic rings. The molecule has 1 aromatic heterocycles. The third-order valence-corrected chi connectivity index (χ3v) is 3.92. The van der Waals surface area contributed by atoms with Crippen molar-refractivity contribution in [1.29, 1.82) is 0 Å². The molecule has 0 atom stereocenters. The van der Waals surface area contributed by atoms with Gasteiger partial charge >= 0.3 is 0 Å². The third-order valence-electron chi connectivity index (χ3n) is 2.81. The van der Waals surface area contributed by atoms with E-state index in [-0.39, 0.29) is 5.17 Å². The highest BCUT2D eigenvalue weighted by atomic mass is 32.1. The van der Waals surface area contributed by atoms with Crippen molar-refractivity contribution in [2.45, 2.75) is 6.61 Å². The minimum Gasteiger partial charge on any atom is -0.487 e. The van der Waals surface area contributed by atoms with Crippen LogP contribution in [0.15, 0.2) is 48.5 Å². The maximum absolute atomic E-state index is 8.98. The highest BCUT2D eigenvalue weighted by Crippen LogP contribution is 2.23. The Morgan fingerprint density at radius 2 is 1.76 bits per heavy atom. The van der Waals surface area contributed by atoms with Gasteiger partial charge in [0.15, 0.2) is 0 Å². The molecule has 0 spiro atoms. The van der Waals surface area contributed by atoms with Gasteiger partial charge in [-0.3, -0.25) is 0 Å². The molecule has 0 bridgehead atoms. The number of nitrogens with two attached hydrogens (primary N) is 1. The second-order valence-corrected chi connectivity index (χ2v) is 6.58. The number of para-hydroxylation sites is 1. The number of anilines is 1. The molecule has 2 aromatic carbocycles. The number of hydrogen-bond donors (Lipinski definition) is 4. The second-order valence-electron chi connectivity index (χ2n) is 4.66. The van der Waals surface area contributed by atoms with Crippen molar-refractivity contribution in [2.24, 2.45) is 5.73 Å². The zero-order valence-corrected chi connectivity index (χ0v) is 15.3. The molecule has 3 rings (SSSR count). The Balaban J connectivity index is 0.000000511. The fraction of sp³-hybridized carbons (Fsp3) is 0.0625. The Kier molecular flexibility index (Phi) is 6.87. The van der Waals surface area contributed by atoms with E-state index in [4.69, 9.17) is 14.9 Å². The number of nitrogens with zero attached hydrogens (tertiary/aromatic N) is 1. The van der Waals surface area contributed by atoms with E-state index in [0.717, 1.165) is 26.7 Å². The molecular weight excluding hydrogens is 378 g/mol. The molecule has 0 unspecified atom stereocenters. The van der Waals surface area contributed by atoms with E-state index in [2.05, 4.69) is 46.5 Å². The van der Waals surface area contributed by atoms with Crippen LogP contribution in [0.2, 0.25) is 0 Å². The zero-order valence-electron chi connectivity index (χ0n) is 12.9. The Bertz CT molecular complexity index is 829. The lowest BCUT2D eigenvalue weighted by Gasteiger charge is -2.06. The van der Waals surface area contributed by atoms with Crippen molar-refractivity contribution in [2.75, 3.05) is 5.32 Å². The van der Waals surface area contributed by atoms with E-state index in [1.807, 2.05) is 30.3 Å². The summed E-state index contributed by atoms with van der Waals surface area (Å²) in [4.78, 5) is 4.52. The van der Waals surface area contributed by atoms with Crippen molar-refractivity contribution in [3.05, 3.63) is 53.5 Å². The van der Waals surface area contributed by atoms with Gasteiger partial charge < -0.3 is 26.0 Å². The van der Waals surface area contributed by atoms with Crippen LogP contribution in [0.1, 0.15) is 5.01 Å². The topological polar surface area (TPSA) is 101 Å². The van der Waals surface area contributed by atoms with Crippen LogP contribution >= 0.6 is 35.8 Å². The van der Waals surface area contributed by atoms with Crippen molar-refractivity contribution >= 4 is 62.0 Å².